The summed E-state index contributed by atoms with van der Waals surface area (Å²) in [4.78, 5) is 2.56. The fourth-order valence-corrected chi connectivity index (χ4v) is 2.90. The van der Waals surface area contributed by atoms with Gasteiger partial charge in [-0.25, -0.2) is 0 Å². The van der Waals surface area contributed by atoms with Crippen LogP contribution in [0.5, 0.6) is 0 Å². The van der Waals surface area contributed by atoms with Crippen LogP contribution in [0.2, 0.25) is 10.0 Å². The van der Waals surface area contributed by atoms with Gasteiger partial charge in [0.05, 0.1) is 10.0 Å². The summed E-state index contributed by atoms with van der Waals surface area (Å²) in [7, 11) is 0. The van der Waals surface area contributed by atoms with E-state index < -0.39 is 0 Å². The highest BCUT2D eigenvalue weighted by molar-refractivity contribution is 6.42. The van der Waals surface area contributed by atoms with E-state index in [1.165, 1.54) is 38.0 Å². The van der Waals surface area contributed by atoms with E-state index >= 15 is 0 Å². The Hall–Kier alpha value is -0.280. The zero-order valence-corrected chi connectivity index (χ0v) is 13.0. The van der Waals surface area contributed by atoms with Gasteiger partial charge < -0.3 is 10.2 Å². The van der Waals surface area contributed by atoms with Gasteiger partial charge in [-0.3, -0.25) is 0 Å². The lowest BCUT2D eigenvalue weighted by Gasteiger charge is -2.20. The van der Waals surface area contributed by atoms with Crippen molar-refractivity contribution in [3.8, 4) is 0 Å². The molecule has 0 aliphatic carbocycles. The van der Waals surface area contributed by atoms with Gasteiger partial charge in [0.1, 0.15) is 0 Å². The molecular formula is C15H22Cl2N2. The molecule has 2 nitrogen and oxygen atoms in total. The maximum Gasteiger partial charge on any atom is 0.0595 e. The average molecular weight is 301 g/mol. The maximum absolute atomic E-state index is 6.00. The van der Waals surface area contributed by atoms with Crippen molar-refractivity contribution in [2.45, 2.75) is 26.3 Å². The zero-order chi connectivity index (χ0) is 13.7. The quantitative estimate of drug-likeness (QED) is 0.859. The number of nitrogens with one attached hydrogen (secondary N) is 1. The van der Waals surface area contributed by atoms with Crippen LogP contribution in [-0.2, 0) is 6.54 Å². The van der Waals surface area contributed by atoms with E-state index in [9.17, 15) is 0 Å². The first-order valence-electron chi connectivity index (χ1n) is 7.02. The van der Waals surface area contributed by atoms with Gasteiger partial charge in [-0.1, -0.05) is 36.2 Å². The number of rotatable bonds is 6. The summed E-state index contributed by atoms with van der Waals surface area (Å²) in [6, 6.07) is 5.81. The number of halogens is 2. The molecule has 0 spiro atoms. The summed E-state index contributed by atoms with van der Waals surface area (Å²) in [5.41, 5.74) is 1.18. The fraction of sp³-hybridized carbons (Fsp3) is 0.600. The highest BCUT2D eigenvalue weighted by atomic mass is 35.5. The molecule has 0 amide bonds. The molecule has 1 fully saturated rings. The fourth-order valence-electron chi connectivity index (χ4n) is 2.58. The first-order valence-corrected chi connectivity index (χ1v) is 7.78. The summed E-state index contributed by atoms with van der Waals surface area (Å²) in [5, 5.41) is 4.74. The van der Waals surface area contributed by atoms with E-state index in [4.69, 9.17) is 23.2 Å². The maximum atomic E-state index is 6.00. The highest BCUT2D eigenvalue weighted by Crippen LogP contribution is 2.22. The monoisotopic (exact) mass is 300 g/mol. The molecule has 0 radical (unpaired) electrons. The second-order valence-electron chi connectivity index (χ2n) is 5.49. The van der Waals surface area contributed by atoms with E-state index in [0.717, 1.165) is 13.1 Å². The van der Waals surface area contributed by atoms with Crippen LogP contribution in [-0.4, -0.2) is 31.1 Å². The standard InChI is InChI=1S/C15H22Cl2N2/c1-12(11-19-6-2-3-7-19)9-18-10-13-4-5-14(16)15(17)8-13/h4-5,8,12,18H,2-3,6-7,9-11H2,1H3. The lowest BCUT2D eigenvalue weighted by atomic mass is 10.1. The topological polar surface area (TPSA) is 15.3 Å². The van der Waals surface area contributed by atoms with Crippen LogP contribution in [0.4, 0.5) is 0 Å². The van der Waals surface area contributed by atoms with Gasteiger partial charge in [0, 0.05) is 13.1 Å². The minimum atomic E-state index is 0.618. The third kappa shape index (κ3) is 4.96. The van der Waals surface area contributed by atoms with Crippen LogP contribution in [0, 0.1) is 5.92 Å². The molecule has 0 aromatic heterocycles. The summed E-state index contributed by atoms with van der Waals surface area (Å²) < 4.78 is 0. The Morgan fingerprint density at radius 1 is 1.21 bits per heavy atom. The first kappa shape index (κ1) is 15.1. The van der Waals surface area contributed by atoms with Crippen molar-refractivity contribution in [1.29, 1.82) is 0 Å². The van der Waals surface area contributed by atoms with Crippen LogP contribution >= 0.6 is 23.2 Å². The minimum absolute atomic E-state index is 0.618. The Bertz CT molecular complexity index is 403. The molecule has 2 rings (SSSR count). The van der Waals surface area contributed by atoms with E-state index in [-0.39, 0.29) is 0 Å². The number of benzene rings is 1. The smallest absolute Gasteiger partial charge is 0.0595 e. The van der Waals surface area contributed by atoms with Crippen molar-refractivity contribution in [3.63, 3.8) is 0 Å². The Balaban J connectivity index is 1.68. The Kier molecular flexibility index (Phi) is 5.96. The molecule has 1 aromatic rings. The molecule has 1 unspecified atom stereocenters. The van der Waals surface area contributed by atoms with E-state index in [2.05, 4.69) is 17.1 Å². The number of nitrogens with zero attached hydrogens (tertiary/aromatic N) is 1. The van der Waals surface area contributed by atoms with Crippen molar-refractivity contribution in [2.75, 3.05) is 26.2 Å². The molecule has 1 aromatic carbocycles. The third-order valence-corrected chi connectivity index (χ3v) is 4.31. The molecule has 1 heterocycles. The van der Waals surface area contributed by atoms with Gasteiger partial charge in [-0.15, -0.1) is 0 Å². The molecular weight excluding hydrogens is 279 g/mol. The average Bonchev–Trinajstić information content (AvgIpc) is 2.86. The molecule has 1 saturated heterocycles. The first-order chi connectivity index (χ1) is 9.15. The van der Waals surface area contributed by atoms with Gasteiger partial charge in [0.15, 0.2) is 0 Å². The third-order valence-electron chi connectivity index (χ3n) is 3.57. The van der Waals surface area contributed by atoms with Gasteiger partial charge in [-0.2, -0.15) is 0 Å². The van der Waals surface area contributed by atoms with Crippen LogP contribution in [0.15, 0.2) is 18.2 Å². The van der Waals surface area contributed by atoms with Crippen LogP contribution < -0.4 is 5.32 Å². The van der Waals surface area contributed by atoms with E-state index in [0.29, 0.717) is 16.0 Å². The minimum Gasteiger partial charge on any atom is -0.312 e. The molecule has 106 valence electrons. The van der Waals surface area contributed by atoms with Crippen molar-refractivity contribution in [3.05, 3.63) is 33.8 Å². The summed E-state index contributed by atoms with van der Waals surface area (Å²) in [6.07, 6.45) is 2.73. The molecule has 0 bridgehead atoms. The summed E-state index contributed by atoms with van der Waals surface area (Å²) in [6.45, 7) is 7.95. The second-order valence-corrected chi connectivity index (χ2v) is 6.31. The predicted molar refractivity (Wildman–Crippen MR) is 83.0 cm³/mol. The zero-order valence-electron chi connectivity index (χ0n) is 11.5. The molecule has 1 aliphatic rings. The lowest BCUT2D eigenvalue weighted by molar-refractivity contribution is 0.282. The highest BCUT2D eigenvalue weighted by Gasteiger charge is 2.14. The SMILES string of the molecule is CC(CNCc1ccc(Cl)c(Cl)c1)CN1CCCC1. The van der Waals surface area contributed by atoms with Crippen molar-refractivity contribution >= 4 is 23.2 Å². The lowest BCUT2D eigenvalue weighted by Crippen LogP contribution is -2.31. The summed E-state index contributed by atoms with van der Waals surface area (Å²) >= 11 is 11.9. The number of likely N-dealkylation sites (tertiary alicyclic amines) is 1. The van der Waals surface area contributed by atoms with Gasteiger partial charge >= 0.3 is 0 Å². The van der Waals surface area contributed by atoms with Gasteiger partial charge in [0.25, 0.3) is 0 Å². The number of hydrogen-bond acceptors (Lipinski definition) is 2. The Morgan fingerprint density at radius 2 is 1.95 bits per heavy atom. The second kappa shape index (κ2) is 7.49. The van der Waals surface area contributed by atoms with E-state index in [1.807, 2.05) is 18.2 Å². The van der Waals surface area contributed by atoms with Crippen molar-refractivity contribution in [2.24, 2.45) is 5.92 Å². The van der Waals surface area contributed by atoms with Gasteiger partial charge in [0.2, 0.25) is 0 Å². The molecule has 1 aliphatic heterocycles. The normalized spacial score (nSPS) is 17.8. The number of hydrogen-bond donors (Lipinski definition) is 1. The van der Waals surface area contributed by atoms with Crippen molar-refractivity contribution in [1.82, 2.24) is 10.2 Å². The Morgan fingerprint density at radius 3 is 2.63 bits per heavy atom. The van der Waals surface area contributed by atoms with E-state index in [1.54, 1.807) is 0 Å². The van der Waals surface area contributed by atoms with Gasteiger partial charge in [-0.05, 0) is 56.1 Å². The summed E-state index contributed by atoms with van der Waals surface area (Å²) in [5.74, 6) is 0.681. The largest absolute Gasteiger partial charge is 0.312 e. The molecule has 19 heavy (non-hydrogen) atoms. The van der Waals surface area contributed by atoms with Crippen molar-refractivity contribution < 1.29 is 0 Å². The predicted octanol–water partition coefficient (Wildman–Crippen LogP) is 3.81. The van der Waals surface area contributed by atoms with Crippen LogP contribution in [0.1, 0.15) is 25.3 Å². The molecule has 4 heteroatoms. The van der Waals surface area contributed by atoms with Crippen LogP contribution in [0.3, 0.4) is 0 Å². The molecule has 1 atom stereocenters. The van der Waals surface area contributed by atoms with Crippen LogP contribution in [0.25, 0.3) is 0 Å². The molecule has 1 N–H and O–H groups in total. The Labute approximate surface area is 126 Å². The molecule has 0 saturated carbocycles.